The second kappa shape index (κ2) is 18.0. The van der Waals surface area contributed by atoms with Gasteiger partial charge in [-0.15, -0.1) is 0 Å². The van der Waals surface area contributed by atoms with E-state index in [1.54, 1.807) is 0 Å². The van der Waals surface area contributed by atoms with Gasteiger partial charge in [0.05, 0.1) is 11.4 Å². The van der Waals surface area contributed by atoms with Crippen molar-refractivity contribution in [2.24, 2.45) is 28.6 Å². The number of hydrogen-bond acceptors (Lipinski definition) is 5. The van der Waals surface area contributed by atoms with Gasteiger partial charge in [0.2, 0.25) is 11.8 Å². The van der Waals surface area contributed by atoms with Crippen molar-refractivity contribution in [1.29, 1.82) is 0 Å². The summed E-state index contributed by atoms with van der Waals surface area (Å²) in [6, 6.07) is 44.7. The van der Waals surface area contributed by atoms with Gasteiger partial charge >= 0.3 is 0 Å². The fourth-order valence-corrected chi connectivity index (χ4v) is 8.28. The maximum atomic E-state index is 14.8. The highest BCUT2D eigenvalue weighted by molar-refractivity contribution is 5.98. The van der Waals surface area contributed by atoms with E-state index in [9.17, 15) is 14.4 Å². The molecule has 4 aromatic carbocycles. The zero-order valence-corrected chi connectivity index (χ0v) is 35.7. The summed E-state index contributed by atoms with van der Waals surface area (Å²) in [7, 11) is 0. The summed E-state index contributed by atoms with van der Waals surface area (Å²) in [5.74, 6) is -1.48. The van der Waals surface area contributed by atoms with Crippen LogP contribution in [0.3, 0.4) is 0 Å². The van der Waals surface area contributed by atoms with Crippen LogP contribution < -0.4 is 9.80 Å². The van der Waals surface area contributed by atoms with Crippen LogP contribution in [0.4, 0.5) is 11.4 Å². The number of carbonyl (C=O) groups is 3. The second-order valence-corrected chi connectivity index (χ2v) is 18.7. The largest absolute Gasteiger partial charge is 0.312 e. The maximum Gasteiger partial charge on any atom is 0.230 e. The van der Waals surface area contributed by atoms with E-state index < -0.39 is 17.8 Å². The van der Waals surface area contributed by atoms with Crippen molar-refractivity contribution in [3.63, 3.8) is 0 Å². The molecule has 2 atom stereocenters. The molecule has 1 aliphatic rings. The number of anilines is 2. The summed E-state index contributed by atoms with van der Waals surface area (Å²) < 4.78 is 0. The van der Waals surface area contributed by atoms with Crippen LogP contribution >= 0.6 is 0 Å². The number of hydrogen-bond donors (Lipinski definition) is 0. The molecule has 0 bridgehead atoms. The Morgan fingerprint density at radius 3 is 1.25 bits per heavy atom. The van der Waals surface area contributed by atoms with Crippen molar-refractivity contribution in [2.45, 2.75) is 60.8 Å². The average Bonchev–Trinajstić information content (AvgIpc) is 3.27. The van der Waals surface area contributed by atoms with Crippen LogP contribution in [0, 0.1) is 28.6 Å². The van der Waals surface area contributed by atoms with Crippen molar-refractivity contribution in [3.05, 3.63) is 146 Å². The van der Waals surface area contributed by atoms with Crippen LogP contribution in [-0.2, 0) is 14.4 Å². The molecular formula is C53H56N4O3. The molecule has 60 heavy (non-hydrogen) atoms. The average molecular weight is 797 g/mol. The molecule has 7 rings (SSSR count). The molecule has 1 fully saturated rings. The molecule has 0 radical (unpaired) electrons. The van der Waals surface area contributed by atoms with Crippen molar-refractivity contribution in [3.8, 4) is 44.8 Å². The first-order chi connectivity index (χ1) is 28.7. The predicted molar refractivity (Wildman–Crippen MR) is 244 cm³/mol. The Balaban J connectivity index is 1.13. The summed E-state index contributed by atoms with van der Waals surface area (Å²) in [6.45, 7) is 13.7. The molecule has 2 amide bonds. The lowest BCUT2D eigenvalue weighted by molar-refractivity contribution is -0.129. The number of aldehydes is 1. The minimum Gasteiger partial charge on any atom is -0.312 e. The number of nitrogens with zero attached hydrogens (tertiary/aromatic N) is 4. The Morgan fingerprint density at radius 1 is 0.517 bits per heavy atom. The fourth-order valence-electron chi connectivity index (χ4n) is 8.28. The van der Waals surface area contributed by atoms with Gasteiger partial charge in [-0.1, -0.05) is 126 Å². The first-order valence-corrected chi connectivity index (χ1v) is 21.1. The van der Waals surface area contributed by atoms with Gasteiger partial charge in [-0.2, -0.15) is 0 Å². The van der Waals surface area contributed by atoms with Crippen LogP contribution in [0.25, 0.3) is 44.8 Å². The van der Waals surface area contributed by atoms with Gasteiger partial charge in [-0.25, -0.2) is 0 Å². The molecule has 0 N–H and O–H groups in total. The van der Waals surface area contributed by atoms with E-state index >= 15 is 0 Å². The molecule has 2 unspecified atom stereocenters. The first-order valence-electron chi connectivity index (χ1n) is 21.1. The van der Waals surface area contributed by atoms with Crippen LogP contribution in [0.1, 0.15) is 60.8 Å². The third kappa shape index (κ3) is 10.3. The van der Waals surface area contributed by atoms with Crippen molar-refractivity contribution >= 4 is 29.5 Å². The summed E-state index contributed by atoms with van der Waals surface area (Å²) in [5.41, 5.74) is 9.17. The van der Waals surface area contributed by atoms with Crippen molar-refractivity contribution in [2.75, 3.05) is 22.9 Å². The predicted octanol–water partition coefficient (Wildman–Crippen LogP) is 11.8. The minimum absolute atomic E-state index is 0.0526. The number of amides is 2. The number of rotatable bonds is 11. The standard InChI is InChI=1S/C53H56N4O3/c1-52(2,3)35-56(46-21-17-40(18-22-46)48-32-42(25-27-54-48)38-13-9-7-10-14-38)50(59)44-29-37(34-58)30-45(31-44)51(60)57(36-53(4,5)6)47-23-19-41(20-24-47)49-33-43(26-28-55-49)39-15-11-8-12-16-39/h7-28,32-34,37,44-45H,29-31,35-36H2,1-6H3. The molecule has 1 saturated carbocycles. The lowest BCUT2D eigenvalue weighted by Gasteiger charge is -2.39. The SMILES string of the molecule is CC(C)(C)CN(C(=O)C1CC(C=O)CC(C(=O)N(CC(C)(C)C)c2ccc(-c3cc(-c4ccccc4)ccn3)cc2)C1)c1ccc(-c2cc(-c3ccccc3)ccn2)cc1. The lowest BCUT2D eigenvalue weighted by atomic mass is 9.74. The summed E-state index contributed by atoms with van der Waals surface area (Å²) in [5, 5.41) is 0. The molecule has 6 aromatic rings. The molecule has 306 valence electrons. The molecule has 2 aromatic heterocycles. The minimum atomic E-state index is -0.490. The van der Waals surface area contributed by atoms with E-state index in [1.165, 1.54) is 0 Å². The molecule has 0 aliphatic heterocycles. The topological polar surface area (TPSA) is 83.5 Å². The van der Waals surface area contributed by atoms with E-state index in [0.717, 1.165) is 62.4 Å². The highest BCUT2D eigenvalue weighted by atomic mass is 16.2. The third-order valence-electron chi connectivity index (χ3n) is 11.1. The van der Waals surface area contributed by atoms with Crippen LogP contribution in [0.15, 0.2) is 146 Å². The molecular weight excluding hydrogens is 741 g/mol. The Hall–Kier alpha value is -6.21. The lowest BCUT2D eigenvalue weighted by Crippen LogP contribution is -2.47. The van der Waals surface area contributed by atoms with E-state index in [1.807, 2.05) is 119 Å². The van der Waals surface area contributed by atoms with Gasteiger partial charge in [0.15, 0.2) is 0 Å². The molecule has 2 heterocycles. The number of pyridine rings is 2. The highest BCUT2D eigenvalue weighted by Gasteiger charge is 2.41. The van der Waals surface area contributed by atoms with Crippen LogP contribution in [0.2, 0.25) is 0 Å². The summed E-state index contributed by atoms with van der Waals surface area (Å²) in [6.07, 6.45) is 5.82. The summed E-state index contributed by atoms with van der Waals surface area (Å²) in [4.78, 5) is 55.2. The molecule has 7 heteroatoms. The second-order valence-electron chi connectivity index (χ2n) is 18.7. The van der Waals surface area contributed by atoms with Gasteiger partial charge in [0, 0.05) is 65.7 Å². The van der Waals surface area contributed by atoms with E-state index in [2.05, 4.69) is 87.9 Å². The van der Waals surface area contributed by atoms with E-state index in [4.69, 9.17) is 0 Å². The van der Waals surface area contributed by atoms with Crippen LogP contribution in [-0.4, -0.2) is 41.2 Å². The number of aromatic nitrogens is 2. The smallest absolute Gasteiger partial charge is 0.230 e. The Labute approximate surface area is 355 Å². The van der Waals surface area contributed by atoms with Crippen molar-refractivity contribution < 1.29 is 14.4 Å². The van der Waals surface area contributed by atoms with Crippen LogP contribution in [0.5, 0.6) is 0 Å². The first kappa shape index (κ1) is 41.9. The Bertz CT molecular complexity index is 2230. The normalized spacial score (nSPS) is 16.8. The van der Waals surface area contributed by atoms with Gasteiger partial charge in [0.1, 0.15) is 6.29 Å². The number of carbonyl (C=O) groups excluding carboxylic acids is 3. The Kier molecular flexibility index (Phi) is 12.6. The zero-order chi connectivity index (χ0) is 42.4. The molecule has 1 aliphatic carbocycles. The zero-order valence-electron chi connectivity index (χ0n) is 35.7. The fraction of sp³-hybridized carbons (Fsp3) is 0.302. The van der Waals surface area contributed by atoms with E-state index in [-0.39, 0.29) is 22.6 Å². The Morgan fingerprint density at radius 2 is 0.900 bits per heavy atom. The third-order valence-corrected chi connectivity index (χ3v) is 11.1. The van der Waals surface area contributed by atoms with Gasteiger partial charge in [-0.3, -0.25) is 19.6 Å². The van der Waals surface area contributed by atoms with Gasteiger partial charge in [-0.05, 0) is 101 Å². The number of benzene rings is 4. The van der Waals surface area contributed by atoms with Crippen molar-refractivity contribution in [1.82, 2.24) is 9.97 Å². The van der Waals surface area contributed by atoms with E-state index in [0.29, 0.717) is 32.4 Å². The quantitative estimate of drug-likeness (QED) is 0.122. The molecule has 0 saturated heterocycles. The van der Waals surface area contributed by atoms with Gasteiger partial charge < -0.3 is 14.6 Å². The monoisotopic (exact) mass is 796 g/mol. The van der Waals surface area contributed by atoms with Gasteiger partial charge in [0.25, 0.3) is 0 Å². The highest BCUT2D eigenvalue weighted by Crippen LogP contribution is 2.39. The summed E-state index contributed by atoms with van der Waals surface area (Å²) >= 11 is 0. The molecule has 7 nitrogen and oxygen atoms in total. The molecule has 0 spiro atoms. The maximum absolute atomic E-state index is 14.8.